The topological polar surface area (TPSA) is 86.8 Å². The minimum atomic E-state index is -3.84. The molecule has 0 aromatic heterocycles. The molecule has 0 heterocycles. The van der Waals surface area contributed by atoms with Crippen LogP contribution < -0.4 is 9.62 Å². The van der Waals surface area contributed by atoms with Gasteiger partial charge in [0.25, 0.3) is 0 Å². The molecule has 3 aromatic rings. The molecule has 7 nitrogen and oxygen atoms in total. The predicted octanol–water partition coefficient (Wildman–Crippen LogP) is 5.49. The molecule has 0 spiro atoms. The molecule has 0 aliphatic rings. The number of carbonyl (C=O) groups is 2. The van der Waals surface area contributed by atoms with Crippen LogP contribution in [-0.4, -0.2) is 50.0 Å². The summed E-state index contributed by atoms with van der Waals surface area (Å²) in [7, 11) is -3.84. The number of benzene rings is 3. The molecule has 3 rings (SSSR count). The molecule has 0 aliphatic heterocycles. The van der Waals surface area contributed by atoms with E-state index in [9.17, 15) is 18.0 Å². The largest absolute Gasteiger partial charge is 0.352 e. The van der Waals surface area contributed by atoms with E-state index in [1.54, 1.807) is 30.3 Å². The normalized spacial score (nSPS) is 12.2. The predicted molar refractivity (Wildman–Crippen MR) is 162 cm³/mol. The summed E-state index contributed by atoms with van der Waals surface area (Å²) < 4.78 is 27.1. The van der Waals surface area contributed by atoms with E-state index >= 15 is 0 Å². The summed E-state index contributed by atoms with van der Waals surface area (Å²) in [4.78, 5) is 29.1. The highest BCUT2D eigenvalue weighted by atomic mass is 35.5. The number of hydrogen-bond acceptors (Lipinski definition) is 4. The van der Waals surface area contributed by atoms with Gasteiger partial charge in [0.15, 0.2) is 0 Å². The summed E-state index contributed by atoms with van der Waals surface area (Å²) in [6.45, 7) is 5.15. The number of halogens is 2. The van der Waals surface area contributed by atoms with Crippen molar-refractivity contribution in [1.82, 2.24) is 10.2 Å². The number of para-hydroxylation sites is 1. The van der Waals surface area contributed by atoms with E-state index in [2.05, 4.69) is 5.32 Å². The molecule has 0 bridgehead atoms. The molecule has 2 amide bonds. The van der Waals surface area contributed by atoms with Gasteiger partial charge in [0.2, 0.25) is 21.8 Å². The fourth-order valence-electron chi connectivity index (χ4n) is 4.42. The second kappa shape index (κ2) is 14.0. The number of rotatable bonds is 12. The molecule has 0 saturated carbocycles. The molecule has 0 unspecified atom stereocenters. The Morgan fingerprint density at radius 3 is 2.15 bits per heavy atom. The highest BCUT2D eigenvalue weighted by Gasteiger charge is 2.33. The van der Waals surface area contributed by atoms with Gasteiger partial charge in [-0.3, -0.25) is 13.9 Å². The first-order valence-corrected chi connectivity index (χ1v) is 15.6. The molecule has 0 radical (unpaired) electrons. The Hall–Kier alpha value is -3.07. The third-order valence-electron chi connectivity index (χ3n) is 6.36. The molecular weight excluding hydrogens is 569 g/mol. The van der Waals surface area contributed by atoms with Gasteiger partial charge in [0, 0.05) is 19.0 Å². The maximum atomic E-state index is 14.1. The smallest absolute Gasteiger partial charge is 0.244 e. The number of aryl methyl sites for hydroxylation is 1. The number of nitrogens with one attached hydrogen (secondary N) is 1. The summed E-state index contributed by atoms with van der Waals surface area (Å²) in [5.41, 5.74) is 2.73. The average Bonchev–Trinajstić information content (AvgIpc) is 2.90. The van der Waals surface area contributed by atoms with Gasteiger partial charge in [0.05, 0.1) is 22.0 Å². The Bertz CT molecular complexity index is 1430. The standard InChI is InChI=1S/C30H35Cl2N3O4S/c1-5-24-13-9-10-14-27(24)35(40(4,38)39)20-29(36)34(19-23-15-16-25(31)26(32)17-23)28(30(37)33-21(2)3)18-22-11-7-6-8-12-22/h6-17,21,28H,5,18-20H2,1-4H3,(H,33,37)/t28-/m0/s1. The van der Waals surface area contributed by atoms with E-state index in [4.69, 9.17) is 23.2 Å². The third kappa shape index (κ3) is 8.46. The zero-order valence-electron chi connectivity index (χ0n) is 23.1. The molecule has 1 atom stereocenters. The lowest BCUT2D eigenvalue weighted by Gasteiger charge is -2.34. The van der Waals surface area contributed by atoms with Crippen molar-refractivity contribution in [2.45, 2.75) is 52.2 Å². The maximum Gasteiger partial charge on any atom is 0.244 e. The zero-order valence-corrected chi connectivity index (χ0v) is 25.4. The van der Waals surface area contributed by atoms with Crippen LogP contribution in [0.25, 0.3) is 0 Å². The Morgan fingerprint density at radius 2 is 1.55 bits per heavy atom. The summed E-state index contributed by atoms with van der Waals surface area (Å²) in [6.07, 6.45) is 1.89. The van der Waals surface area contributed by atoms with Gasteiger partial charge < -0.3 is 10.2 Å². The van der Waals surface area contributed by atoms with Crippen LogP contribution in [0.3, 0.4) is 0 Å². The van der Waals surface area contributed by atoms with Crippen molar-refractivity contribution in [2.24, 2.45) is 0 Å². The van der Waals surface area contributed by atoms with E-state index in [1.165, 1.54) is 4.90 Å². The molecule has 10 heteroatoms. The number of hydrogen-bond donors (Lipinski definition) is 1. The Labute approximate surface area is 247 Å². The van der Waals surface area contributed by atoms with Gasteiger partial charge in [-0.2, -0.15) is 0 Å². The summed E-state index contributed by atoms with van der Waals surface area (Å²) in [5.74, 6) is -0.866. The van der Waals surface area contributed by atoms with Crippen molar-refractivity contribution >= 4 is 50.7 Å². The molecule has 0 fully saturated rings. The first kappa shape index (κ1) is 31.5. The first-order valence-electron chi connectivity index (χ1n) is 13.0. The van der Waals surface area contributed by atoms with Gasteiger partial charge in [-0.15, -0.1) is 0 Å². The van der Waals surface area contributed by atoms with Crippen molar-refractivity contribution in [3.8, 4) is 0 Å². The maximum absolute atomic E-state index is 14.1. The summed E-state index contributed by atoms with van der Waals surface area (Å²) >= 11 is 12.4. The minimum Gasteiger partial charge on any atom is -0.352 e. The second-order valence-electron chi connectivity index (χ2n) is 9.89. The number of sulfonamides is 1. The van der Waals surface area contributed by atoms with E-state index in [1.807, 2.05) is 63.2 Å². The van der Waals surface area contributed by atoms with E-state index in [-0.39, 0.29) is 24.9 Å². The monoisotopic (exact) mass is 603 g/mol. The highest BCUT2D eigenvalue weighted by Crippen LogP contribution is 2.26. The first-order chi connectivity index (χ1) is 18.9. The molecule has 0 saturated heterocycles. The van der Waals surface area contributed by atoms with Gasteiger partial charge in [-0.1, -0.05) is 84.7 Å². The van der Waals surface area contributed by atoms with Crippen LogP contribution in [0, 0.1) is 0 Å². The summed E-state index contributed by atoms with van der Waals surface area (Å²) in [5, 5.41) is 3.60. The van der Waals surface area contributed by atoms with Crippen LogP contribution in [0.5, 0.6) is 0 Å². The second-order valence-corrected chi connectivity index (χ2v) is 12.6. The van der Waals surface area contributed by atoms with Gasteiger partial charge in [-0.25, -0.2) is 8.42 Å². The Kier molecular flexibility index (Phi) is 11.0. The molecule has 214 valence electrons. The quantitative estimate of drug-likeness (QED) is 0.297. The fourth-order valence-corrected chi connectivity index (χ4v) is 5.62. The minimum absolute atomic E-state index is 0.0196. The van der Waals surface area contributed by atoms with E-state index < -0.39 is 28.5 Å². The van der Waals surface area contributed by atoms with Crippen LogP contribution >= 0.6 is 23.2 Å². The number of nitrogens with zero attached hydrogens (tertiary/aromatic N) is 2. The third-order valence-corrected chi connectivity index (χ3v) is 8.22. The van der Waals surface area contributed by atoms with E-state index in [0.717, 1.165) is 21.7 Å². The van der Waals surface area contributed by atoms with Crippen molar-refractivity contribution in [2.75, 3.05) is 17.1 Å². The van der Waals surface area contributed by atoms with Crippen LogP contribution in [0.15, 0.2) is 72.8 Å². The lowest BCUT2D eigenvalue weighted by Crippen LogP contribution is -2.54. The Balaban J connectivity index is 2.10. The fraction of sp³-hybridized carbons (Fsp3) is 0.333. The van der Waals surface area contributed by atoms with Crippen LogP contribution in [0.4, 0.5) is 5.69 Å². The molecule has 40 heavy (non-hydrogen) atoms. The highest BCUT2D eigenvalue weighted by molar-refractivity contribution is 7.92. The van der Waals surface area contributed by atoms with Gasteiger partial charge >= 0.3 is 0 Å². The zero-order chi connectivity index (χ0) is 29.4. The van der Waals surface area contributed by atoms with Crippen LogP contribution in [0.1, 0.15) is 37.5 Å². The van der Waals surface area contributed by atoms with Gasteiger partial charge in [0.1, 0.15) is 12.6 Å². The Morgan fingerprint density at radius 1 is 0.900 bits per heavy atom. The molecule has 0 aliphatic carbocycles. The van der Waals surface area contributed by atoms with Crippen molar-refractivity contribution in [1.29, 1.82) is 0 Å². The average molecular weight is 605 g/mol. The molecular formula is C30H35Cl2N3O4S. The van der Waals surface area contributed by atoms with Crippen molar-refractivity contribution in [3.63, 3.8) is 0 Å². The number of anilines is 1. The van der Waals surface area contributed by atoms with Gasteiger partial charge in [-0.05, 0) is 55.2 Å². The lowest BCUT2D eigenvalue weighted by molar-refractivity contribution is -0.140. The number of amides is 2. The number of carbonyl (C=O) groups excluding carboxylic acids is 2. The summed E-state index contributed by atoms with van der Waals surface area (Å²) in [6, 6.07) is 20.4. The SMILES string of the molecule is CCc1ccccc1N(CC(=O)N(Cc1ccc(Cl)c(Cl)c1)[C@@H](Cc1ccccc1)C(=O)NC(C)C)S(C)(=O)=O. The van der Waals surface area contributed by atoms with Crippen LogP contribution in [0.2, 0.25) is 10.0 Å². The van der Waals surface area contributed by atoms with Crippen LogP contribution in [-0.2, 0) is 39.0 Å². The lowest BCUT2D eigenvalue weighted by atomic mass is 10.0. The van der Waals surface area contributed by atoms with Crippen molar-refractivity contribution in [3.05, 3.63) is 99.5 Å². The van der Waals surface area contributed by atoms with Crippen molar-refractivity contribution < 1.29 is 18.0 Å². The molecule has 3 aromatic carbocycles. The van der Waals surface area contributed by atoms with E-state index in [0.29, 0.717) is 27.7 Å². The molecule has 1 N–H and O–H groups in total.